The summed E-state index contributed by atoms with van der Waals surface area (Å²) in [5.41, 5.74) is 8.03. The smallest absolute Gasteiger partial charge is 0.218 e. The van der Waals surface area contributed by atoms with Gasteiger partial charge in [-0.15, -0.1) is 0 Å². The number of benzene rings is 1. The molecule has 0 aliphatic carbocycles. The average molecular weight is 324 g/mol. The predicted octanol–water partition coefficient (Wildman–Crippen LogP) is 2.39. The van der Waals surface area contributed by atoms with Crippen LogP contribution in [0.5, 0.6) is 0 Å². The molecule has 0 radical (unpaired) electrons. The van der Waals surface area contributed by atoms with Crippen LogP contribution in [-0.4, -0.2) is 25.7 Å². The molecule has 3 aromatic rings. The molecule has 124 valence electrons. The molecule has 2 heterocycles. The van der Waals surface area contributed by atoms with Crippen molar-refractivity contribution in [2.75, 3.05) is 5.32 Å². The van der Waals surface area contributed by atoms with E-state index in [2.05, 4.69) is 20.4 Å². The molecule has 0 fully saturated rings. The molecule has 1 aromatic carbocycles. The van der Waals surface area contributed by atoms with Crippen molar-refractivity contribution in [3.05, 3.63) is 41.9 Å². The molecule has 1 atom stereocenters. The summed E-state index contributed by atoms with van der Waals surface area (Å²) < 4.78 is 1.73. The second-order valence-corrected chi connectivity index (χ2v) is 5.94. The van der Waals surface area contributed by atoms with Crippen molar-refractivity contribution >= 4 is 28.4 Å². The van der Waals surface area contributed by atoms with Crippen LogP contribution < -0.4 is 11.1 Å². The molecule has 7 nitrogen and oxygen atoms in total. The third kappa shape index (κ3) is 3.19. The highest BCUT2D eigenvalue weighted by atomic mass is 16.1. The van der Waals surface area contributed by atoms with E-state index in [1.165, 1.54) is 0 Å². The molecule has 3 rings (SSSR count). The zero-order chi connectivity index (χ0) is 17.3. The lowest BCUT2D eigenvalue weighted by atomic mass is 9.97. The number of aryl methyl sites for hydroxylation is 2. The largest absolute Gasteiger partial charge is 0.370 e. The number of fused-ring (bicyclic) bond motifs is 1. The van der Waals surface area contributed by atoms with Crippen molar-refractivity contribution < 1.29 is 4.79 Å². The molecule has 0 bridgehead atoms. The van der Waals surface area contributed by atoms with Crippen molar-refractivity contribution in [2.24, 2.45) is 12.8 Å². The van der Waals surface area contributed by atoms with E-state index in [4.69, 9.17) is 5.73 Å². The number of hydrogen-bond donors (Lipinski definition) is 2. The molecule has 24 heavy (non-hydrogen) atoms. The van der Waals surface area contributed by atoms with E-state index in [1.54, 1.807) is 10.9 Å². The van der Waals surface area contributed by atoms with Crippen LogP contribution >= 0.6 is 0 Å². The van der Waals surface area contributed by atoms with Gasteiger partial charge in [-0.25, -0.2) is 9.97 Å². The van der Waals surface area contributed by atoms with Crippen molar-refractivity contribution in [1.29, 1.82) is 0 Å². The molecular weight excluding hydrogens is 304 g/mol. The number of amides is 1. The van der Waals surface area contributed by atoms with E-state index in [1.807, 2.05) is 45.2 Å². The Labute approximate surface area is 139 Å². The van der Waals surface area contributed by atoms with Crippen molar-refractivity contribution in [2.45, 2.75) is 26.2 Å². The molecule has 1 amide bonds. The van der Waals surface area contributed by atoms with Crippen molar-refractivity contribution in [1.82, 2.24) is 19.7 Å². The fourth-order valence-corrected chi connectivity index (χ4v) is 2.68. The number of nitrogens with two attached hydrogens (primary N) is 1. The number of carbonyl (C=O) groups excluding carboxylic acids is 1. The van der Waals surface area contributed by atoms with Crippen LogP contribution in [0.15, 0.2) is 30.5 Å². The highest BCUT2D eigenvalue weighted by Gasteiger charge is 2.11. The first kappa shape index (κ1) is 15.9. The fourth-order valence-electron chi connectivity index (χ4n) is 2.68. The average Bonchev–Trinajstić information content (AvgIpc) is 2.89. The number of primary amides is 1. The minimum Gasteiger partial charge on any atom is -0.370 e. The summed E-state index contributed by atoms with van der Waals surface area (Å²) in [4.78, 5) is 19.9. The molecule has 0 aliphatic heterocycles. The Balaban J connectivity index is 1.85. The lowest BCUT2D eigenvalue weighted by Crippen LogP contribution is -2.13. The number of hydrogen-bond acceptors (Lipinski definition) is 5. The van der Waals surface area contributed by atoms with E-state index >= 15 is 0 Å². The molecular formula is C17H20N6O. The monoisotopic (exact) mass is 324 g/mol. The van der Waals surface area contributed by atoms with Gasteiger partial charge in [0.05, 0.1) is 11.6 Å². The van der Waals surface area contributed by atoms with Crippen LogP contribution in [0.1, 0.15) is 30.7 Å². The summed E-state index contributed by atoms with van der Waals surface area (Å²) in [6.45, 7) is 3.84. The Bertz CT molecular complexity index is 884. The van der Waals surface area contributed by atoms with E-state index < -0.39 is 0 Å². The van der Waals surface area contributed by atoms with Crippen LogP contribution in [0.3, 0.4) is 0 Å². The van der Waals surface area contributed by atoms with Gasteiger partial charge in [-0.2, -0.15) is 5.10 Å². The predicted molar refractivity (Wildman–Crippen MR) is 93.0 cm³/mol. The van der Waals surface area contributed by atoms with E-state index in [9.17, 15) is 4.79 Å². The Morgan fingerprint density at radius 3 is 2.67 bits per heavy atom. The number of nitrogens with one attached hydrogen (secondary N) is 1. The summed E-state index contributed by atoms with van der Waals surface area (Å²) in [7, 11) is 1.85. The standard InChI is InChI=1S/C17H20N6O/c1-10(8-15(18)24)12-4-6-13(7-5-12)22-16-14-9-19-23(3)17(14)21-11(2)20-16/h4-7,9-10H,8H2,1-3H3,(H2,18,24)(H,20,21,22). The normalized spacial score (nSPS) is 12.3. The fraction of sp³-hybridized carbons (Fsp3) is 0.294. The molecule has 0 spiro atoms. The summed E-state index contributed by atoms with van der Waals surface area (Å²) in [5, 5.41) is 8.42. The SMILES string of the molecule is Cc1nc(Nc2ccc(C(C)CC(N)=O)cc2)c2cnn(C)c2n1. The molecule has 7 heteroatoms. The number of rotatable bonds is 5. The van der Waals surface area contributed by atoms with Crippen LogP contribution in [0.25, 0.3) is 11.0 Å². The minimum absolute atomic E-state index is 0.0999. The molecule has 0 saturated heterocycles. The van der Waals surface area contributed by atoms with Crippen molar-refractivity contribution in [3.63, 3.8) is 0 Å². The van der Waals surface area contributed by atoms with Crippen LogP contribution in [0, 0.1) is 6.92 Å². The first-order valence-electron chi connectivity index (χ1n) is 7.75. The van der Waals surface area contributed by atoms with Gasteiger partial charge in [0.25, 0.3) is 0 Å². The Morgan fingerprint density at radius 1 is 1.29 bits per heavy atom. The van der Waals surface area contributed by atoms with Crippen LogP contribution in [0.2, 0.25) is 0 Å². The number of carbonyl (C=O) groups is 1. The summed E-state index contributed by atoms with van der Waals surface area (Å²) >= 11 is 0. The molecule has 2 aromatic heterocycles. The molecule has 0 aliphatic rings. The van der Waals surface area contributed by atoms with Gasteiger partial charge in [0.1, 0.15) is 11.6 Å². The van der Waals surface area contributed by atoms with E-state index in [0.717, 1.165) is 28.1 Å². The number of aromatic nitrogens is 4. The van der Waals surface area contributed by atoms with Gasteiger partial charge in [-0.05, 0) is 30.5 Å². The second kappa shape index (κ2) is 6.27. The van der Waals surface area contributed by atoms with Gasteiger partial charge in [0.2, 0.25) is 5.91 Å². The Hall–Kier alpha value is -2.96. The summed E-state index contributed by atoms with van der Waals surface area (Å²) in [6.07, 6.45) is 2.09. The maximum absolute atomic E-state index is 11.0. The molecule has 1 unspecified atom stereocenters. The first-order chi connectivity index (χ1) is 11.4. The van der Waals surface area contributed by atoms with E-state index in [0.29, 0.717) is 12.2 Å². The third-order valence-corrected chi connectivity index (χ3v) is 3.95. The summed E-state index contributed by atoms with van der Waals surface area (Å²) in [6, 6.07) is 7.91. The maximum Gasteiger partial charge on any atom is 0.218 e. The first-order valence-corrected chi connectivity index (χ1v) is 7.75. The second-order valence-electron chi connectivity index (χ2n) is 5.94. The topological polar surface area (TPSA) is 98.7 Å². The van der Waals surface area contributed by atoms with E-state index in [-0.39, 0.29) is 11.8 Å². The quantitative estimate of drug-likeness (QED) is 0.751. The van der Waals surface area contributed by atoms with Crippen LogP contribution in [-0.2, 0) is 11.8 Å². The third-order valence-electron chi connectivity index (χ3n) is 3.95. The number of nitrogens with zero attached hydrogens (tertiary/aromatic N) is 4. The lowest BCUT2D eigenvalue weighted by molar-refractivity contribution is -0.118. The van der Waals surface area contributed by atoms with Gasteiger partial charge in [-0.1, -0.05) is 19.1 Å². The van der Waals surface area contributed by atoms with Gasteiger partial charge >= 0.3 is 0 Å². The molecule has 0 saturated carbocycles. The number of anilines is 2. The lowest BCUT2D eigenvalue weighted by Gasteiger charge is -2.12. The zero-order valence-corrected chi connectivity index (χ0v) is 13.9. The Kier molecular flexibility index (Phi) is 4.16. The highest BCUT2D eigenvalue weighted by Crippen LogP contribution is 2.25. The highest BCUT2D eigenvalue weighted by molar-refractivity contribution is 5.88. The van der Waals surface area contributed by atoms with Gasteiger partial charge in [-0.3, -0.25) is 9.48 Å². The zero-order valence-electron chi connectivity index (χ0n) is 13.9. The maximum atomic E-state index is 11.0. The Morgan fingerprint density at radius 2 is 2.00 bits per heavy atom. The van der Waals surface area contributed by atoms with Gasteiger partial charge in [0.15, 0.2) is 5.65 Å². The van der Waals surface area contributed by atoms with Crippen LogP contribution in [0.4, 0.5) is 11.5 Å². The van der Waals surface area contributed by atoms with Gasteiger partial charge in [0, 0.05) is 19.2 Å². The minimum atomic E-state index is -0.292. The summed E-state index contributed by atoms with van der Waals surface area (Å²) in [5.74, 6) is 1.21. The molecule has 3 N–H and O–H groups in total. The van der Waals surface area contributed by atoms with Gasteiger partial charge < -0.3 is 11.1 Å². The van der Waals surface area contributed by atoms with Crippen molar-refractivity contribution in [3.8, 4) is 0 Å².